The highest BCUT2D eigenvalue weighted by atomic mass is 16.5. The molecule has 2 heterocycles. The van der Waals surface area contributed by atoms with E-state index in [9.17, 15) is 4.79 Å². The van der Waals surface area contributed by atoms with Crippen LogP contribution in [0, 0.1) is 12.3 Å². The van der Waals surface area contributed by atoms with Gasteiger partial charge in [0.1, 0.15) is 6.10 Å². The molecule has 0 aliphatic carbocycles. The number of methoxy groups -OCH3 is 1. The fourth-order valence-corrected chi connectivity index (χ4v) is 2.65. The smallest absolute Gasteiger partial charge is 0.358 e. The number of aromatic nitrogens is 1. The molecule has 0 amide bonds. The number of hydrogen-bond acceptors (Lipinski definition) is 5. The van der Waals surface area contributed by atoms with Crippen LogP contribution in [0.4, 0.5) is 0 Å². The van der Waals surface area contributed by atoms with Gasteiger partial charge in [0, 0.05) is 25.5 Å². The summed E-state index contributed by atoms with van der Waals surface area (Å²) in [6, 6.07) is 0. The number of hydrogen-bond donors (Lipinski definition) is 1. The number of carboxylic acid groups (broad SMARTS) is 1. The van der Waals surface area contributed by atoms with Gasteiger partial charge in [0.05, 0.1) is 12.2 Å². The molecule has 1 N–H and O–H groups in total. The second-order valence-corrected chi connectivity index (χ2v) is 6.63. The molecule has 0 bridgehead atoms. The molecule has 1 aliphatic heterocycles. The Balaban J connectivity index is 2.28. The Kier molecular flexibility index (Phi) is 4.39. The van der Waals surface area contributed by atoms with Gasteiger partial charge in [0.25, 0.3) is 0 Å². The van der Waals surface area contributed by atoms with Crippen LogP contribution in [-0.4, -0.2) is 35.6 Å². The van der Waals surface area contributed by atoms with Crippen molar-refractivity contribution in [1.29, 1.82) is 0 Å². The first-order chi connectivity index (χ1) is 9.74. The van der Waals surface area contributed by atoms with Crippen molar-refractivity contribution < 1.29 is 23.9 Å². The highest BCUT2D eigenvalue weighted by molar-refractivity contribution is 5.87. The highest BCUT2D eigenvalue weighted by Gasteiger charge is 2.39. The highest BCUT2D eigenvalue weighted by Crippen LogP contribution is 2.40. The molecule has 0 unspecified atom stereocenters. The summed E-state index contributed by atoms with van der Waals surface area (Å²) in [5, 5.41) is 12.7. The van der Waals surface area contributed by atoms with Gasteiger partial charge in [0.15, 0.2) is 11.5 Å². The van der Waals surface area contributed by atoms with E-state index in [0.29, 0.717) is 17.7 Å². The predicted octanol–water partition coefficient (Wildman–Crippen LogP) is 2.96. The first kappa shape index (κ1) is 16.0. The van der Waals surface area contributed by atoms with Gasteiger partial charge < -0.3 is 19.1 Å². The zero-order chi connectivity index (χ0) is 15.8. The Bertz CT molecular complexity index is 517. The molecule has 1 aliphatic rings. The summed E-state index contributed by atoms with van der Waals surface area (Å²) in [6.45, 7) is 8.04. The number of carboxylic acids is 1. The third kappa shape index (κ3) is 3.27. The molecule has 6 nitrogen and oxygen atoms in total. The average Bonchev–Trinajstić information content (AvgIpc) is 2.79. The van der Waals surface area contributed by atoms with E-state index in [1.54, 1.807) is 14.0 Å². The van der Waals surface area contributed by atoms with E-state index in [0.717, 1.165) is 6.42 Å². The standard InChI is InChI=1S/C15H23NO5/c1-8-12(14(17)18)16-21-13(8)10-6-9(19-5)7-11(20-10)15(2,3)4/h9-11H,6-7H2,1-5H3,(H,17,18)/t9-,10-,11+/m0/s1. The van der Waals surface area contributed by atoms with Gasteiger partial charge in [-0.3, -0.25) is 0 Å². The average molecular weight is 297 g/mol. The molecule has 6 heteroatoms. The van der Waals surface area contributed by atoms with Crippen LogP contribution in [0.3, 0.4) is 0 Å². The number of ether oxygens (including phenoxy) is 2. The fourth-order valence-electron chi connectivity index (χ4n) is 2.65. The van der Waals surface area contributed by atoms with E-state index >= 15 is 0 Å². The monoisotopic (exact) mass is 297 g/mol. The van der Waals surface area contributed by atoms with Gasteiger partial charge in [-0.15, -0.1) is 0 Å². The summed E-state index contributed by atoms with van der Waals surface area (Å²) in [6.07, 6.45) is 1.20. The van der Waals surface area contributed by atoms with Crippen LogP contribution in [0.1, 0.15) is 61.5 Å². The molecule has 1 aromatic rings. The summed E-state index contributed by atoms with van der Waals surface area (Å²) < 4.78 is 16.9. The van der Waals surface area contributed by atoms with E-state index in [-0.39, 0.29) is 29.4 Å². The molecule has 0 radical (unpaired) electrons. The number of aromatic carboxylic acids is 1. The molecule has 0 spiro atoms. The topological polar surface area (TPSA) is 81.8 Å². The molecule has 118 valence electrons. The minimum atomic E-state index is -1.09. The van der Waals surface area contributed by atoms with Crippen molar-refractivity contribution in [2.45, 2.75) is 58.8 Å². The maximum atomic E-state index is 11.1. The maximum absolute atomic E-state index is 11.1. The summed E-state index contributed by atoms with van der Waals surface area (Å²) in [4.78, 5) is 11.1. The van der Waals surface area contributed by atoms with Gasteiger partial charge in [-0.1, -0.05) is 25.9 Å². The van der Waals surface area contributed by atoms with Crippen LogP contribution >= 0.6 is 0 Å². The zero-order valence-electron chi connectivity index (χ0n) is 13.2. The Morgan fingerprint density at radius 2 is 2.05 bits per heavy atom. The lowest BCUT2D eigenvalue weighted by Crippen LogP contribution is -2.40. The van der Waals surface area contributed by atoms with Gasteiger partial charge in [-0.25, -0.2) is 4.79 Å². The van der Waals surface area contributed by atoms with Crippen molar-refractivity contribution in [2.75, 3.05) is 7.11 Å². The van der Waals surface area contributed by atoms with E-state index < -0.39 is 5.97 Å². The van der Waals surface area contributed by atoms with Crippen LogP contribution in [0.25, 0.3) is 0 Å². The molecule has 0 saturated carbocycles. The Hall–Kier alpha value is -1.40. The lowest BCUT2D eigenvalue weighted by atomic mass is 9.82. The van der Waals surface area contributed by atoms with Crippen molar-refractivity contribution in [3.05, 3.63) is 17.0 Å². The minimum Gasteiger partial charge on any atom is -0.476 e. The van der Waals surface area contributed by atoms with E-state index in [1.165, 1.54) is 0 Å². The normalized spacial score (nSPS) is 26.8. The summed E-state index contributed by atoms with van der Waals surface area (Å²) in [5.74, 6) is -0.600. The minimum absolute atomic E-state index is 0.0129. The third-order valence-electron chi connectivity index (χ3n) is 4.04. The first-order valence-electron chi connectivity index (χ1n) is 7.11. The lowest BCUT2D eigenvalue weighted by molar-refractivity contribution is -0.150. The molecule has 1 aromatic heterocycles. The SMILES string of the molecule is CO[C@H]1C[C@@H](c2onc(C(=O)O)c2C)O[C@@H](C(C)(C)C)C1. The summed E-state index contributed by atoms with van der Waals surface area (Å²) >= 11 is 0. The Labute approximate surface area is 124 Å². The van der Waals surface area contributed by atoms with Gasteiger partial charge in [-0.2, -0.15) is 0 Å². The van der Waals surface area contributed by atoms with Gasteiger partial charge in [0.2, 0.25) is 0 Å². The van der Waals surface area contributed by atoms with Crippen molar-refractivity contribution >= 4 is 5.97 Å². The van der Waals surface area contributed by atoms with Crippen LogP contribution < -0.4 is 0 Å². The van der Waals surface area contributed by atoms with E-state index in [2.05, 4.69) is 25.9 Å². The largest absolute Gasteiger partial charge is 0.476 e. The van der Waals surface area contributed by atoms with Gasteiger partial charge >= 0.3 is 5.97 Å². The number of carbonyl (C=O) groups is 1. The number of rotatable bonds is 3. The quantitative estimate of drug-likeness (QED) is 0.923. The summed E-state index contributed by atoms with van der Waals surface area (Å²) in [5.41, 5.74) is 0.441. The van der Waals surface area contributed by atoms with Crippen molar-refractivity contribution in [2.24, 2.45) is 5.41 Å². The Morgan fingerprint density at radius 1 is 1.38 bits per heavy atom. The third-order valence-corrected chi connectivity index (χ3v) is 4.04. The van der Waals surface area contributed by atoms with Crippen LogP contribution in [0.2, 0.25) is 0 Å². The van der Waals surface area contributed by atoms with Crippen molar-refractivity contribution in [3.8, 4) is 0 Å². The predicted molar refractivity (Wildman–Crippen MR) is 75.3 cm³/mol. The second kappa shape index (κ2) is 5.77. The molecular weight excluding hydrogens is 274 g/mol. The van der Waals surface area contributed by atoms with Crippen LogP contribution in [-0.2, 0) is 9.47 Å². The molecule has 2 rings (SSSR count). The van der Waals surface area contributed by atoms with Crippen LogP contribution in [0.15, 0.2) is 4.52 Å². The van der Waals surface area contributed by atoms with Crippen LogP contribution in [0.5, 0.6) is 0 Å². The summed E-state index contributed by atoms with van der Waals surface area (Å²) in [7, 11) is 1.68. The molecular formula is C15H23NO5. The number of nitrogens with zero attached hydrogens (tertiary/aromatic N) is 1. The second-order valence-electron chi connectivity index (χ2n) is 6.63. The lowest BCUT2D eigenvalue weighted by Gasteiger charge is -2.40. The Morgan fingerprint density at radius 3 is 2.52 bits per heavy atom. The molecule has 1 fully saturated rings. The maximum Gasteiger partial charge on any atom is 0.358 e. The van der Waals surface area contributed by atoms with Gasteiger partial charge in [-0.05, 0) is 12.3 Å². The van der Waals surface area contributed by atoms with E-state index in [1.807, 2.05) is 0 Å². The zero-order valence-corrected chi connectivity index (χ0v) is 13.2. The first-order valence-corrected chi connectivity index (χ1v) is 7.11. The van der Waals surface area contributed by atoms with Crippen molar-refractivity contribution in [1.82, 2.24) is 5.16 Å². The van der Waals surface area contributed by atoms with E-state index in [4.69, 9.17) is 19.1 Å². The molecule has 1 saturated heterocycles. The molecule has 3 atom stereocenters. The molecule has 21 heavy (non-hydrogen) atoms. The van der Waals surface area contributed by atoms with Crippen molar-refractivity contribution in [3.63, 3.8) is 0 Å². The fraction of sp³-hybridized carbons (Fsp3) is 0.733. The molecule has 0 aromatic carbocycles.